The van der Waals surface area contributed by atoms with Gasteiger partial charge in [0, 0.05) is 32.2 Å². The van der Waals surface area contributed by atoms with Gasteiger partial charge < -0.3 is 26.6 Å². The standard InChI is InChI=1S/C31H53N7O7S/c1-29(2,3)20(16-37-13-9-12-33-46(37,44)45)35-28(43)36-24(30(4,5)6)27(42)38-15-18-21(31(18,7)8)22(38)26(41)34-19(14-17-10-11-17)23(39)25(32)40/h17-22,24,33H,9-16H2,1-8H3,(H2,32,40)(H,34,41)(H2,35,36,43)/t18-,19?,20+,21-,22-,24+/m0/s1. The zero-order valence-electron chi connectivity index (χ0n) is 28.4. The molecule has 46 heavy (non-hydrogen) atoms. The quantitative estimate of drug-likeness (QED) is 0.197. The van der Waals surface area contributed by atoms with E-state index in [0.717, 1.165) is 12.8 Å². The maximum atomic E-state index is 14.3. The molecule has 0 aromatic carbocycles. The van der Waals surface area contributed by atoms with Crippen molar-refractivity contribution in [3.63, 3.8) is 0 Å². The number of ketones is 1. The van der Waals surface area contributed by atoms with Crippen LogP contribution < -0.4 is 26.4 Å². The highest BCUT2D eigenvalue weighted by atomic mass is 32.2. The summed E-state index contributed by atoms with van der Waals surface area (Å²) < 4.78 is 29.0. The highest BCUT2D eigenvalue weighted by Crippen LogP contribution is 2.65. The summed E-state index contributed by atoms with van der Waals surface area (Å²) in [5.41, 5.74) is 3.81. The Balaban J connectivity index is 1.52. The summed E-state index contributed by atoms with van der Waals surface area (Å²) in [6, 6.07) is -4.17. The van der Waals surface area contributed by atoms with E-state index >= 15 is 0 Å². The Hall–Kier alpha value is -2.78. The molecule has 0 aromatic heterocycles. The summed E-state index contributed by atoms with van der Waals surface area (Å²) in [5, 5.41) is 8.51. The largest absolute Gasteiger partial charge is 0.363 e. The fourth-order valence-electron chi connectivity index (χ4n) is 6.90. The van der Waals surface area contributed by atoms with Crippen LogP contribution >= 0.6 is 0 Å². The second kappa shape index (κ2) is 12.7. The Morgan fingerprint density at radius 1 is 0.978 bits per heavy atom. The van der Waals surface area contributed by atoms with Crippen LogP contribution in [0.5, 0.6) is 0 Å². The van der Waals surface area contributed by atoms with E-state index in [-0.39, 0.29) is 29.7 Å². The number of rotatable bonds is 11. The van der Waals surface area contributed by atoms with Crippen molar-refractivity contribution in [3.8, 4) is 0 Å². The van der Waals surface area contributed by atoms with Gasteiger partial charge in [0.05, 0.1) is 6.04 Å². The van der Waals surface area contributed by atoms with Gasteiger partial charge in [-0.3, -0.25) is 19.2 Å². The number of hydrogen-bond acceptors (Lipinski definition) is 7. The van der Waals surface area contributed by atoms with E-state index in [2.05, 4.69) is 20.7 Å². The minimum Gasteiger partial charge on any atom is -0.363 e. The van der Waals surface area contributed by atoms with Crippen molar-refractivity contribution < 1.29 is 32.4 Å². The van der Waals surface area contributed by atoms with Crippen LogP contribution in [0.1, 0.15) is 81.1 Å². The smallest absolute Gasteiger partial charge is 0.315 e. The van der Waals surface area contributed by atoms with E-state index in [0.29, 0.717) is 32.5 Å². The number of nitrogens with zero attached hydrogens (tertiary/aromatic N) is 2. The summed E-state index contributed by atoms with van der Waals surface area (Å²) >= 11 is 0. The number of piperidine rings is 1. The molecule has 4 aliphatic rings. The van der Waals surface area contributed by atoms with Gasteiger partial charge in [0.2, 0.25) is 17.6 Å². The second-order valence-corrected chi connectivity index (χ2v) is 18.1. The summed E-state index contributed by atoms with van der Waals surface area (Å²) in [5.74, 6) is -2.76. The molecule has 4 fully saturated rings. The molecule has 0 bridgehead atoms. The Morgan fingerprint density at radius 3 is 2.13 bits per heavy atom. The first-order valence-electron chi connectivity index (χ1n) is 16.3. The van der Waals surface area contributed by atoms with Gasteiger partial charge >= 0.3 is 6.03 Å². The molecule has 14 nitrogen and oxygen atoms in total. The average molecular weight is 668 g/mol. The third-order valence-corrected chi connectivity index (χ3v) is 11.8. The van der Waals surface area contributed by atoms with E-state index < -0.39 is 74.7 Å². The van der Waals surface area contributed by atoms with Gasteiger partial charge in [-0.15, -0.1) is 0 Å². The van der Waals surface area contributed by atoms with Gasteiger partial charge in [0.25, 0.3) is 16.1 Å². The lowest BCUT2D eigenvalue weighted by atomic mass is 9.85. The molecular formula is C31H53N7O7S. The maximum absolute atomic E-state index is 14.3. The molecule has 2 saturated heterocycles. The van der Waals surface area contributed by atoms with E-state index in [4.69, 9.17) is 5.73 Å². The van der Waals surface area contributed by atoms with E-state index in [9.17, 15) is 32.4 Å². The summed E-state index contributed by atoms with van der Waals surface area (Å²) in [6.45, 7) is 16.3. The number of carbonyl (C=O) groups excluding carboxylic acids is 5. The van der Waals surface area contributed by atoms with Crippen molar-refractivity contribution in [3.05, 3.63) is 0 Å². The van der Waals surface area contributed by atoms with Crippen LogP contribution in [0.3, 0.4) is 0 Å². The van der Waals surface area contributed by atoms with E-state index in [1.54, 1.807) is 0 Å². The van der Waals surface area contributed by atoms with Gasteiger partial charge in [-0.05, 0) is 46.8 Å². The summed E-state index contributed by atoms with van der Waals surface area (Å²) in [7, 11) is -3.67. The van der Waals surface area contributed by atoms with Crippen LogP contribution in [-0.2, 0) is 29.4 Å². The second-order valence-electron chi connectivity index (χ2n) is 16.3. The number of fused-ring (bicyclic) bond motifs is 1. The van der Waals surface area contributed by atoms with Crippen LogP contribution in [0.25, 0.3) is 0 Å². The van der Waals surface area contributed by atoms with E-state index in [1.807, 2.05) is 55.4 Å². The topological polar surface area (TPSA) is 200 Å². The van der Waals surface area contributed by atoms with Gasteiger partial charge in [0.15, 0.2) is 0 Å². The van der Waals surface area contributed by atoms with Gasteiger partial charge in [-0.1, -0.05) is 68.2 Å². The molecular weight excluding hydrogens is 614 g/mol. The number of primary amides is 1. The van der Waals surface area contributed by atoms with Crippen molar-refractivity contribution in [2.75, 3.05) is 26.2 Å². The maximum Gasteiger partial charge on any atom is 0.315 e. The Labute approximate surface area is 272 Å². The minimum absolute atomic E-state index is 0.0548. The number of Topliss-reactive ketones (excluding diaryl/α,β-unsaturated/α-hetero) is 1. The molecule has 4 rings (SSSR count). The lowest BCUT2D eigenvalue weighted by Crippen LogP contribution is -2.63. The number of urea groups is 1. The third kappa shape index (κ3) is 7.84. The predicted octanol–water partition coefficient (Wildman–Crippen LogP) is 0.477. The first-order valence-corrected chi connectivity index (χ1v) is 17.8. The lowest BCUT2D eigenvalue weighted by Gasteiger charge is -2.39. The Morgan fingerprint density at radius 2 is 1.61 bits per heavy atom. The summed E-state index contributed by atoms with van der Waals surface area (Å²) in [4.78, 5) is 67.5. The number of nitrogens with two attached hydrogens (primary N) is 1. The van der Waals surface area contributed by atoms with Crippen LogP contribution in [0.2, 0.25) is 0 Å². The molecule has 0 radical (unpaired) electrons. The average Bonchev–Trinajstić information content (AvgIpc) is 3.77. The Kier molecular flexibility index (Phi) is 9.94. The minimum atomic E-state index is -3.67. The molecule has 2 heterocycles. The molecule has 6 N–H and O–H groups in total. The van der Waals surface area contributed by atoms with Crippen LogP contribution in [0.4, 0.5) is 4.79 Å². The number of hydrogen-bond donors (Lipinski definition) is 5. The predicted molar refractivity (Wildman–Crippen MR) is 171 cm³/mol. The number of nitrogens with one attached hydrogen (secondary N) is 4. The Bertz CT molecular complexity index is 1350. The molecule has 260 valence electrons. The van der Waals surface area contributed by atoms with Crippen LogP contribution in [-0.4, -0.2) is 97.5 Å². The molecule has 1 unspecified atom stereocenters. The molecule has 5 amide bonds. The molecule has 6 atom stereocenters. The molecule has 0 aromatic rings. The molecule has 2 saturated carbocycles. The van der Waals surface area contributed by atoms with Gasteiger partial charge in [-0.25, -0.2) is 9.52 Å². The fraction of sp³-hybridized carbons (Fsp3) is 0.839. The van der Waals surface area contributed by atoms with Crippen molar-refractivity contribution in [1.82, 2.24) is 29.9 Å². The SMILES string of the molecule is CC(C)(C)[C@H](NC(=O)N[C@H](CN1CCCNS1(=O)=O)C(C)(C)C)C(=O)N1C[C@H]2[C@@H]([C@H]1C(=O)NC(CC1CC1)C(=O)C(N)=O)C2(C)C. The third-order valence-electron chi connectivity index (χ3n) is 10.2. The first-order chi connectivity index (χ1) is 21.1. The highest BCUT2D eigenvalue weighted by Gasteiger charge is 2.70. The molecule has 0 spiro atoms. The zero-order chi connectivity index (χ0) is 34.6. The normalized spacial score (nSPS) is 27.5. The monoisotopic (exact) mass is 667 g/mol. The molecule has 2 aliphatic heterocycles. The number of likely N-dealkylation sites (tertiary alicyclic amines) is 1. The van der Waals surface area contributed by atoms with Crippen LogP contribution in [0.15, 0.2) is 0 Å². The van der Waals surface area contributed by atoms with Crippen molar-refractivity contribution >= 4 is 39.7 Å². The van der Waals surface area contributed by atoms with Crippen molar-refractivity contribution in [1.29, 1.82) is 0 Å². The number of carbonyl (C=O) groups is 5. The lowest BCUT2D eigenvalue weighted by molar-refractivity contribution is -0.145. The number of amides is 5. The zero-order valence-corrected chi connectivity index (χ0v) is 29.3. The van der Waals surface area contributed by atoms with E-state index in [1.165, 1.54) is 9.21 Å². The molecule has 15 heteroatoms. The van der Waals surface area contributed by atoms with Crippen LogP contribution in [0, 0.1) is 34.0 Å². The fourth-order valence-corrected chi connectivity index (χ4v) is 8.20. The first kappa shape index (κ1) is 36.1. The molecule has 2 aliphatic carbocycles. The van der Waals surface area contributed by atoms with Crippen molar-refractivity contribution in [2.24, 2.45) is 39.7 Å². The summed E-state index contributed by atoms with van der Waals surface area (Å²) in [6.07, 6.45) is 2.78. The van der Waals surface area contributed by atoms with Gasteiger partial charge in [0.1, 0.15) is 12.1 Å². The van der Waals surface area contributed by atoms with Gasteiger partial charge in [-0.2, -0.15) is 12.7 Å². The van der Waals surface area contributed by atoms with Crippen molar-refractivity contribution in [2.45, 2.75) is 105 Å². The highest BCUT2D eigenvalue weighted by molar-refractivity contribution is 7.87.